The summed E-state index contributed by atoms with van der Waals surface area (Å²) >= 11 is 1.28. The molecule has 6 nitrogen and oxygen atoms in total. The van der Waals surface area contributed by atoms with Crippen LogP contribution in [0, 0.1) is 5.92 Å². The number of hydrogen-bond acceptors (Lipinski definition) is 6. The van der Waals surface area contributed by atoms with Crippen LogP contribution in [0.1, 0.15) is 20.3 Å². The molecular formula is C13H18ClN5OS. The fourth-order valence-corrected chi connectivity index (χ4v) is 2.29. The van der Waals surface area contributed by atoms with Crippen molar-refractivity contribution in [1.82, 2.24) is 15.2 Å². The molecule has 0 fully saturated rings. The van der Waals surface area contributed by atoms with Crippen LogP contribution in [-0.4, -0.2) is 27.1 Å². The molecule has 0 aliphatic heterocycles. The Labute approximate surface area is 133 Å². The van der Waals surface area contributed by atoms with E-state index in [1.54, 1.807) is 6.20 Å². The molecule has 2 aromatic rings. The first-order valence-electron chi connectivity index (χ1n) is 6.43. The molecule has 0 spiro atoms. The second kappa shape index (κ2) is 8.02. The van der Waals surface area contributed by atoms with Crippen molar-refractivity contribution >= 4 is 34.8 Å². The number of nitrogens with two attached hydrogens (primary N) is 1. The Balaban J connectivity index is 0.00000220. The van der Waals surface area contributed by atoms with Crippen LogP contribution in [0.4, 0.5) is 5.13 Å². The minimum atomic E-state index is -0.540. The van der Waals surface area contributed by atoms with Gasteiger partial charge in [-0.2, -0.15) is 0 Å². The van der Waals surface area contributed by atoms with Gasteiger partial charge in [-0.25, -0.2) is 0 Å². The van der Waals surface area contributed by atoms with E-state index in [9.17, 15) is 4.79 Å². The predicted octanol–water partition coefficient (Wildman–Crippen LogP) is 2.33. The van der Waals surface area contributed by atoms with E-state index < -0.39 is 6.04 Å². The van der Waals surface area contributed by atoms with Crippen molar-refractivity contribution in [3.63, 3.8) is 0 Å². The first-order chi connectivity index (χ1) is 9.61. The van der Waals surface area contributed by atoms with Gasteiger partial charge in [-0.05, 0) is 18.1 Å². The van der Waals surface area contributed by atoms with Gasteiger partial charge in [-0.15, -0.1) is 22.6 Å². The van der Waals surface area contributed by atoms with Crippen molar-refractivity contribution in [2.45, 2.75) is 26.3 Å². The Bertz CT molecular complexity index is 577. The smallest absolute Gasteiger partial charge is 0.243 e. The molecule has 21 heavy (non-hydrogen) atoms. The summed E-state index contributed by atoms with van der Waals surface area (Å²) in [6.45, 7) is 3.95. The van der Waals surface area contributed by atoms with E-state index >= 15 is 0 Å². The minimum Gasteiger partial charge on any atom is -0.320 e. The Morgan fingerprint density at radius 3 is 2.81 bits per heavy atom. The molecular weight excluding hydrogens is 310 g/mol. The first-order valence-corrected chi connectivity index (χ1v) is 7.24. The summed E-state index contributed by atoms with van der Waals surface area (Å²) in [4.78, 5) is 16.1. The number of aromatic nitrogens is 3. The molecule has 0 bridgehead atoms. The molecule has 0 aromatic carbocycles. The number of amides is 1. The highest BCUT2D eigenvalue weighted by atomic mass is 35.5. The van der Waals surface area contributed by atoms with Gasteiger partial charge in [0.05, 0.1) is 6.04 Å². The third-order valence-electron chi connectivity index (χ3n) is 3.10. The van der Waals surface area contributed by atoms with Crippen LogP contribution in [0.15, 0.2) is 24.4 Å². The highest BCUT2D eigenvalue weighted by molar-refractivity contribution is 7.18. The normalized spacial score (nSPS) is 13.1. The molecule has 8 heteroatoms. The molecule has 0 radical (unpaired) electrons. The standard InChI is InChI=1S/C13H17N5OS.ClH/c1-3-8(2)10(14)11(19)16-13-18-17-12(20-13)9-6-4-5-7-15-9;/h4-8,10H,3,14H2,1-2H3,(H,16,18,19);1H. The van der Waals surface area contributed by atoms with Gasteiger partial charge in [-0.3, -0.25) is 15.1 Å². The second-order valence-corrected chi connectivity index (χ2v) is 5.51. The van der Waals surface area contributed by atoms with Gasteiger partial charge in [0.15, 0.2) is 5.01 Å². The summed E-state index contributed by atoms with van der Waals surface area (Å²) in [7, 11) is 0. The monoisotopic (exact) mass is 327 g/mol. The lowest BCUT2D eigenvalue weighted by molar-refractivity contribution is -0.118. The van der Waals surface area contributed by atoms with E-state index in [1.165, 1.54) is 11.3 Å². The SMILES string of the molecule is CCC(C)C(N)C(=O)Nc1nnc(-c2ccccn2)s1.Cl. The third-order valence-corrected chi connectivity index (χ3v) is 3.96. The van der Waals surface area contributed by atoms with Crippen molar-refractivity contribution in [3.8, 4) is 10.7 Å². The van der Waals surface area contributed by atoms with Crippen LogP contribution in [0.2, 0.25) is 0 Å². The fourth-order valence-electron chi connectivity index (χ4n) is 1.57. The van der Waals surface area contributed by atoms with Crippen LogP contribution < -0.4 is 11.1 Å². The molecule has 2 unspecified atom stereocenters. The summed E-state index contributed by atoms with van der Waals surface area (Å²) in [6, 6.07) is 5.01. The summed E-state index contributed by atoms with van der Waals surface area (Å²) in [5, 5.41) is 11.8. The van der Waals surface area contributed by atoms with Crippen molar-refractivity contribution in [1.29, 1.82) is 0 Å². The van der Waals surface area contributed by atoms with E-state index in [0.29, 0.717) is 10.1 Å². The lowest BCUT2D eigenvalue weighted by atomic mass is 10.00. The first kappa shape index (κ1) is 17.5. The van der Waals surface area contributed by atoms with E-state index in [4.69, 9.17) is 5.73 Å². The number of carbonyl (C=O) groups is 1. The van der Waals surface area contributed by atoms with Gasteiger partial charge in [0.25, 0.3) is 0 Å². The number of halogens is 1. The Kier molecular flexibility index (Phi) is 6.67. The molecule has 2 heterocycles. The maximum absolute atomic E-state index is 11.9. The van der Waals surface area contributed by atoms with Crippen LogP contribution in [-0.2, 0) is 4.79 Å². The summed E-state index contributed by atoms with van der Waals surface area (Å²) < 4.78 is 0. The lowest BCUT2D eigenvalue weighted by Gasteiger charge is -2.16. The van der Waals surface area contributed by atoms with Gasteiger partial charge in [0, 0.05) is 6.20 Å². The zero-order valence-electron chi connectivity index (χ0n) is 11.8. The molecule has 0 aliphatic carbocycles. The highest BCUT2D eigenvalue weighted by Gasteiger charge is 2.20. The van der Waals surface area contributed by atoms with E-state index in [1.807, 2.05) is 32.0 Å². The second-order valence-electron chi connectivity index (χ2n) is 4.53. The molecule has 0 saturated carbocycles. The predicted molar refractivity (Wildman–Crippen MR) is 86.4 cm³/mol. The van der Waals surface area contributed by atoms with Gasteiger partial charge in [0.1, 0.15) is 5.69 Å². The molecule has 2 atom stereocenters. The Morgan fingerprint density at radius 1 is 1.43 bits per heavy atom. The van der Waals surface area contributed by atoms with E-state index in [0.717, 1.165) is 12.1 Å². The molecule has 0 aliphatic rings. The van der Waals surface area contributed by atoms with E-state index in [2.05, 4.69) is 20.5 Å². The number of hydrogen-bond donors (Lipinski definition) is 2. The van der Waals surface area contributed by atoms with Gasteiger partial charge < -0.3 is 5.73 Å². The molecule has 114 valence electrons. The summed E-state index contributed by atoms with van der Waals surface area (Å²) in [5.74, 6) is -0.110. The Hall–Kier alpha value is -1.57. The maximum atomic E-state index is 11.9. The fraction of sp³-hybridized carbons (Fsp3) is 0.385. The largest absolute Gasteiger partial charge is 0.320 e. The van der Waals surface area contributed by atoms with Crippen molar-refractivity contribution < 1.29 is 4.79 Å². The van der Waals surface area contributed by atoms with Crippen LogP contribution in [0.5, 0.6) is 0 Å². The average Bonchev–Trinajstić information content (AvgIpc) is 2.95. The van der Waals surface area contributed by atoms with Gasteiger partial charge in [0.2, 0.25) is 11.0 Å². The van der Waals surface area contributed by atoms with Crippen molar-refractivity contribution in [2.75, 3.05) is 5.32 Å². The molecule has 2 aromatic heterocycles. The molecule has 1 amide bonds. The van der Waals surface area contributed by atoms with E-state index in [-0.39, 0.29) is 24.2 Å². The summed E-state index contributed by atoms with van der Waals surface area (Å²) in [6.07, 6.45) is 2.54. The zero-order chi connectivity index (χ0) is 14.5. The molecule has 0 saturated heterocycles. The zero-order valence-corrected chi connectivity index (χ0v) is 13.4. The third kappa shape index (κ3) is 4.45. The summed E-state index contributed by atoms with van der Waals surface area (Å²) in [5.41, 5.74) is 6.60. The van der Waals surface area contributed by atoms with Crippen LogP contribution in [0.3, 0.4) is 0 Å². The van der Waals surface area contributed by atoms with Crippen LogP contribution >= 0.6 is 23.7 Å². The maximum Gasteiger partial charge on any atom is 0.243 e. The number of nitrogens with one attached hydrogen (secondary N) is 1. The number of rotatable bonds is 5. The number of carbonyl (C=O) groups excluding carboxylic acids is 1. The van der Waals surface area contributed by atoms with Crippen molar-refractivity contribution in [2.24, 2.45) is 11.7 Å². The van der Waals surface area contributed by atoms with Crippen LogP contribution in [0.25, 0.3) is 10.7 Å². The highest BCUT2D eigenvalue weighted by Crippen LogP contribution is 2.24. The number of pyridine rings is 1. The number of anilines is 1. The average molecular weight is 328 g/mol. The topological polar surface area (TPSA) is 93.8 Å². The molecule has 2 rings (SSSR count). The quantitative estimate of drug-likeness (QED) is 0.879. The number of nitrogens with zero attached hydrogens (tertiary/aromatic N) is 3. The lowest BCUT2D eigenvalue weighted by Crippen LogP contribution is -2.40. The van der Waals surface area contributed by atoms with Gasteiger partial charge >= 0.3 is 0 Å². The minimum absolute atomic E-state index is 0. The van der Waals surface area contributed by atoms with Gasteiger partial charge in [-0.1, -0.05) is 37.7 Å². The molecule has 3 N–H and O–H groups in total. The van der Waals surface area contributed by atoms with Crippen molar-refractivity contribution in [3.05, 3.63) is 24.4 Å². The Morgan fingerprint density at radius 2 is 2.19 bits per heavy atom.